The molecular formula is C118H95ClN2O15S. The number of hydrogen-bond donors (Lipinski definition) is 0. The van der Waals surface area contributed by atoms with Gasteiger partial charge in [-0.25, -0.2) is 8.42 Å². The zero-order valence-electron chi connectivity index (χ0n) is 75.8. The number of fused-ring (bicyclic) bond motifs is 10. The lowest BCUT2D eigenvalue weighted by molar-refractivity contribution is -0.384. The standard InChI is InChI=1S/C26H24O3.C24H20O4S.C23H17ClO2.C23H17NO4.C22H17NO2/c1-2-14-29-18-12-10-16(11-13-18)24-23-17(6-5-9-22(23)27)15-21-19-7-3-4-8-20(19)26(28)25(21)24;1-29(27,28)16-11-9-14(10-12-16)22-21-15(5-4-8-20(21)25)13-19-17-6-2-3-7-18(17)24(26)23(19)22;24-15-10-8-13(9-11-15)21-20-14(4-3-7-19(20)25)12-18-16-5-1-2-6-17(16)23(26)22(18)21;25-19-7-3-4-14-12-18-16-5-1-2-6-17(16)23(26)22(18)21(20(14)19)13-8-10-15(11-9-13)24(27)28;24-18-9-3-5-13-11-17-15-7-1-2-8-16(15)22(25)21(17)20(19(13)18)14-6-4-10-23-12-14/h3-4,7-8,10-13,24H,2,5-6,9,14-15H2,1H3;2-3,6-7,9-12,22H,4-5,8,13H2,1H3;1-2,5-6,8-11,21H,3-4,7,12H2;1-2,5-6,8-11,21H,3-4,7,12H2;1-2,4,6-8,10,12,20H,3,5,9,11H2. The molecule has 17 nitrogen and oxygen atoms in total. The molecule has 0 aliphatic heterocycles. The van der Waals surface area contributed by atoms with Gasteiger partial charge in [0.25, 0.3) is 5.69 Å². The first-order valence-corrected chi connectivity index (χ1v) is 49.8. The van der Waals surface area contributed by atoms with E-state index in [0.29, 0.717) is 78.8 Å². The number of nitrogens with zero attached hydrogens (tertiary/aromatic N) is 2. The molecule has 680 valence electrons. The van der Waals surface area contributed by atoms with Crippen molar-refractivity contribution in [2.24, 2.45) is 0 Å². The third kappa shape index (κ3) is 15.7. The Balaban J connectivity index is 0.000000102. The maximum atomic E-state index is 13.4. The van der Waals surface area contributed by atoms with E-state index in [-0.39, 0.29) is 86.2 Å². The number of sulfone groups is 1. The summed E-state index contributed by atoms with van der Waals surface area (Å²) < 4.78 is 29.4. The van der Waals surface area contributed by atoms with Crippen LogP contribution in [0.2, 0.25) is 5.02 Å². The molecule has 1 aromatic heterocycles. The number of allylic oxidation sites excluding steroid dienone is 20. The van der Waals surface area contributed by atoms with Crippen LogP contribution in [-0.2, 0) is 33.8 Å². The minimum Gasteiger partial charge on any atom is -0.494 e. The molecule has 0 saturated heterocycles. The Bertz CT molecular complexity index is 7510. The van der Waals surface area contributed by atoms with Gasteiger partial charge < -0.3 is 4.74 Å². The van der Waals surface area contributed by atoms with Crippen LogP contribution in [0.3, 0.4) is 0 Å². The van der Waals surface area contributed by atoms with Crippen LogP contribution in [0, 0.1) is 10.1 Å². The molecule has 0 radical (unpaired) electrons. The van der Waals surface area contributed by atoms with Gasteiger partial charge in [0.2, 0.25) is 0 Å². The molecule has 0 spiro atoms. The molecule has 1 heterocycles. The summed E-state index contributed by atoms with van der Waals surface area (Å²) in [4.78, 5) is 146. The number of carbonyl (C=O) groups excluding carboxylic acids is 10. The summed E-state index contributed by atoms with van der Waals surface area (Å²) in [7, 11) is -3.31. The van der Waals surface area contributed by atoms with Crippen LogP contribution in [0.4, 0.5) is 5.69 Å². The van der Waals surface area contributed by atoms with E-state index in [0.717, 1.165) is 252 Å². The smallest absolute Gasteiger partial charge is 0.269 e. The highest BCUT2D eigenvalue weighted by atomic mass is 35.5. The molecule has 15 aliphatic carbocycles. The highest BCUT2D eigenvalue weighted by Gasteiger charge is 2.50. The van der Waals surface area contributed by atoms with Crippen molar-refractivity contribution in [1.29, 1.82) is 0 Å². The van der Waals surface area contributed by atoms with E-state index >= 15 is 0 Å². The Morgan fingerprint density at radius 3 is 0.854 bits per heavy atom. The summed E-state index contributed by atoms with van der Waals surface area (Å²) in [5.74, 6) is 0.162. The fourth-order valence-electron chi connectivity index (χ4n) is 24.1. The molecule has 137 heavy (non-hydrogen) atoms. The number of ketones is 10. The first-order valence-electron chi connectivity index (χ1n) is 47.5. The number of pyridine rings is 1. The maximum Gasteiger partial charge on any atom is 0.269 e. The van der Waals surface area contributed by atoms with Gasteiger partial charge in [0.05, 0.1) is 16.4 Å². The van der Waals surface area contributed by atoms with Crippen molar-refractivity contribution in [2.75, 3.05) is 12.9 Å². The number of ether oxygens (including phenoxy) is 1. The molecule has 5 atom stereocenters. The minimum absolute atomic E-state index is 0.000953. The lowest BCUT2D eigenvalue weighted by Gasteiger charge is -2.32. The predicted octanol–water partition coefficient (Wildman–Crippen LogP) is 24.5. The second-order valence-corrected chi connectivity index (χ2v) is 40.3. The van der Waals surface area contributed by atoms with Gasteiger partial charge in [0.15, 0.2) is 67.7 Å². The Morgan fingerprint density at radius 1 is 0.328 bits per heavy atom. The van der Waals surface area contributed by atoms with Crippen LogP contribution < -0.4 is 4.74 Å². The van der Waals surface area contributed by atoms with Crippen LogP contribution in [0.5, 0.6) is 5.75 Å². The molecule has 0 fully saturated rings. The van der Waals surface area contributed by atoms with Crippen LogP contribution in [0.15, 0.2) is 331 Å². The Labute approximate surface area is 798 Å². The molecule has 5 unspecified atom stereocenters. The van der Waals surface area contributed by atoms with Crippen molar-refractivity contribution < 1.29 is 66.0 Å². The second kappa shape index (κ2) is 36.4. The molecule has 10 aromatic rings. The van der Waals surface area contributed by atoms with Gasteiger partial charge in [-0.2, -0.15) is 0 Å². The number of nitro groups is 1. The average molecular weight is 1850 g/mol. The SMILES string of the molecule is CCCOc1ccc(C2C3=C(CCCC3=O)CC3=C2C(=O)c2ccccc23)cc1.CS(=O)(=O)c1ccc(C2C3=C(CCCC3=O)CC3=C2C(=O)c2ccccc23)cc1.O=C1CCCC2=C1C(c1ccc(Cl)cc1)C1=C(C2)c2ccccc2C1=O.O=C1CCCC2=C1C(c1ccc([N+](=O)[O-])cc1)C1=C(C2)c2ccccc2C1=O.O=C1CCCC2=C1C(c1cccnc1)C1=C(C2)c2ccccc2C1=O. The van der Waals surface area contributed by atoms with Crippen molar-refractivity contribution in [1.82, 2.24) is 4.98 Å². The van der Waals surface area contributed by atoms with Crippen molar-refractivity contribution in [3.8, 4) is 5.75 Å². The number of Topliss-reactive ketones (excluding diaryl/α,β-unsaturated/α-hetero) is 10. The van der Waals surface area contributed by atoms with E-state index in [1.807, 2.05) is 182 Å². The van der Waals surface area contributed by atoms with E-state index in [2.05, 4.69) is 11.9 Å². The van der Waals surface area contributed by atoms with Gasteiger partial charge in [0, 0.05) is 181 Å². The molecule has 9 aromatic carbocycles. The lowest BCUT2D eigenvalue weighted by Crippen LogP contribution is -2.25. The molecule has 0 saturated carbocycles. The van der Waals surface area contributed by atoms with Gasteiger partial charge in [-0.15, -0.1) is 0 Å². The van der Waals surface area contributed by atoms with E-state index in [1.165, 1.54) is 35.1 Å². The van der Waals surface area contributed by atoms with Crippen molar-refractivity contribution >= 4 is 113 Å². The van der Waals surface area contributed by atoms with Gasteiger partial charge in [-0.3, -0.25) is 63.0 Å². The van der Waals surface area contributed by atoms with Crippen LogP contribution in [0.25, 0.3) is 27.9 Å². The third-order valence-corrected chi connectivity index (χ3v) is 31.4. The first kappa shape index (κ1) is 89.2. The molecule has 0 amide bonds. The predicted molar refractivity (Wildman–Crippen MR) is 525 cm³/mol. The van der Waals surface area contributed by atoms with Crippen LogP contribution >= 0.6 is 11.6 Å². The second-order valence-electron chi connectivity index (χ2n) is 37.8. The number of halogens is 1. The maximum absolute atomic E-state index is 13.4. The van der Waals surface area contributed by atoms with E-state index < -0.39 is 26.6 Å². The Hall–Kier alpha value is -14.3. The fourth-order valence-corrected chi connectivity index (χ4v) is 24.8. The van der Waals surface area contributed by atoms with Crippen molar-refractivity contribution in [3.05, 3.63) is 425 Å². The number of rotatable bonds is 10. The summed E-state index contributed by atoms with van der Waals surface area (Å²) in [6.07, 6.45) is 20.8. The minimum atomic E-state index is -3.31. The largest absolute Gasteiger partial charge is 0.494 e. The highest BCUT2D eigenvalue weighted by Crippen LogP contribution is 2.60. The van der Waals surface area contributed by atoms with Gasteiger partial charge >= 0.3 is 0 Å². The van der Waals surface area contributed by atoms with Crippen molar-refractivity contribution in [3.63, 3.8) is 0 Å². The lowest BCUT2D eigenvalue weighted by atomic mass is 9.69. The van der Waals surface area contributed by atoms with Crippen LogP contribution in [-0.4, -0.2) is 89.0 Å². The number of hydrogen-bond acceptors (Lipinski definition) is 16. The van der Waals surface area contributed by atoms with Crippen molar-refractivity contribution in [2.45, 2.75) is 176 Å². The highest BCUT2D eigenvalue weighted by molar-refractivity contribution is 7.90. The van der Waals surface area contributed by atoms with Gasteiger partial charge in [-0.1, -0.05) is 222 Å². The molecule has 15 aliphatic rings. The normalized spacial score (nSPS) is 21.2. The molecule has 19 heteroatoms. The zero-order chi connectivity index (χ0) is 94.5. The molecule has 0 bridgehead atoms. The van der Waals surface area contributed by atoms with E-state index in [4.69, 9.17) is 16.3 Å². The summed E-state index contributed by atoms with van der Waals surface area (Å²) in [5.41, 5.74) is 32.3. The van der Waals surface area contributed by atoms with E-state index in [9.17, 15) is 66.5 Å². The number of carbonyl (C=O) groups is 10. The number of aromatic nitrogens is 1. The van der Waals surface area contributed by atoms with Gasteiger partial charge in [0.1, 0.15) is 5.75 Å². The number of benzene rings is 9. The Kier molecular flexibility index (Phi) is 23.7. The number of nitro benzene ring substituents is 1. The molecular weight excluding hydrogens is 1750 g/mol. The fraction of sp³-hybridized carbons (Fsp3) is 0.246. The first-order chi connectivity index (χ1) is 66.5. The molecule has 25 rings (SSSR count). The topological polar surface area (TPSA) is 270 Å². The quantitative estimate of drug-likeness (QED) is 0.0909. The summed E-state index contributed by atoms with van der Waals surface area (Å²) in [6.45, 7) is 2.76. The average Bonchev–Trinajstić information content (AvgIpc) is 1.63. The van der Waals surface area contributed by atoms with Crippen LogP contribution in [0.1, 0.15) is 279 Å². The number of non-ortho nitro benzene ring substituents is 1. The van der Waals surface area contributed by atoms with Gasteiger partial charge in [-0.05, 0) is 229 Å². The summed E-state index contributed by atoms with van der Waals surface area (Å²) in [5, 5.41) is 11.7. The summed E-state index contributed by atoms with van der Waals surface area (Å²) >= 11 is 6.07. The third-order valence-electron chi connectivity index (χ3n) is 30.0. The van der Waals surface area contributed by atoms with E-state index in [1.54, 1.807) is 48.8 Å². The molecule has 0 N–H and O–H groups in total. The monoisotopic (exact) mass is 1850 g/mol. The summed E-state index contributed by atoms with van der Waals surface area (Å²) in [6, 6.07) is 71.0. The zero-order valence-corrected chi connectivity index (χ0v) is 77.4. The Morgan fingerprint density at radius 2 is 0.591 bits per heavy atom.